The molecule has 1 heterocycles. The second kappa shape index (κ2) is 14.4. The van der Waals surface area contributed by atoms with E-state index < -0.39 is 53.3 Å². The van der Waals surface area contributed by atoms with E-state index in [0.29, 0.717) is 35.2 Å². The lowest BCUT2D eigenvalue weighted by Crippen LogP contribution is -2.32. The summed E-state index contributed by atoms with van der Waals surface area (Å²) in [6.07, 6.45) is -8.39. The Morgan fingerprint density at radius 3 is 2.24 bits per heavy atom. The van der Waals surface area contributed by atoms with Gasteiger partial charge in [-0.25, -0.2) is 9.48 Å². The van der Waals surface area contributed by atoms with Gasteiger partial charge in [0, 0.05) is 18.3 Å². The fourth-order valence-electron chi connectivity index (χ4n) is 5.08. The Kier molecular flexibility index (Phi) is 10.5. The average Bonchev–Trinajstić information content (AvgIpc) is 3.72. The van der Waals surface area contributed by atoms with E-state index in [9.17, 15) is 35.9 Å². The van der Waals surface area contributed by atoms with Gasteiger partial charge in [0.2, 0.25) is 0 Å². The van der Waals surface area contributed by atoms with Crippen molar-refractivity contribution in [3.8, 4) is 11.4 Å². The second-order valence-corrected chi connectivity index (χ2v) is 12.8. The molecule has 50 heavy (non-hydrogen) atoms. The Morgan fingerprint density at radius 2 is 1.58 bits per heavy atom. The highest BCUT2D eigenvalue weighted by atomic mass is 19.4. The van der Waals surface area contributed by atoms with E-state index in [4.69, 9.17) is 4.74 Å². The number of hydrogen-bond donors (Lipinski definition) is 3. The summed E-state index contributed by atoms with van der Waals surface area (Å²) in [6.45, 7) is 5.69. The van der Waals surface area contributed by atoms with Crippen molar-refractivity contribution in [2.45, 2.75) is 64.3 Å². The minimum Gasteiger partial charge on any atom is -0.444 e. The number of alkyl carbamates (subject to hydrolysis) is 1. The van der Waals surface area contributed by atoms with Crippen LogP contribution in [0.4, 0.5) is 36.8 Å². The number of hydrogen-bond acceptors (Lipinski definition) is 6. The molecular formula is C35H35F6N5O4. The van der Waals surface area contributed by atoms with Crippen LogP contribution < -0.4 is 20.7 Å². The lowest BCUT2D eigenvalue weighted by atomic mass is 9.97. The minimum atomic E-state index is -4.88. The summed E-state index contributed by atoms with van der Waals surface area (Å²) >= 11 is 0. The Hall–Kier alpha value is -5.05. The number of nitrogens with one attached hydrogen (secondary N) is 3. The van der Waals surface area contributed by atoms with Gasteiger partial charge in [0.15, 0.2) is 5.69 Å². The predicted octanol–water partition coefficient (Wildman–Crippen LogP) is 8.16. The van der Waals surface area contributed by atoms with E-state index in [1.54, 1.807) is 57.2 Å². The number of carbonyl (C=O) groups excluding carboxylic acids is 2. The Labute approximate surface area is 284 Å². The van der Waals surface area contributed by atoms with E-state index in [2.05, 4.69) is 25.8 Å². The van der Waals surface area contributed by atoms with Crippen LogP contribution in [0.3, 0.4) is 0 Å². The molecule has 4 aromatic rings. The van der Waals surface area contributed by atoms with Gasteiger partial charge in [0.25, 0.3) is 5.91 Å². The molecule has 2 amide bonds. The zero-order valence-electron chi connectivity index (χ0n) is 27.3. The topological polar surface area (TPSA) is 107 Å². The largest absolute Gasteiger partial charge is 0.573 e. The van der Waals surface area contributed by atoms with Crippen LogP contribution >= 0.6 is 0 Å². The number of anilines is 1. The molecule has 1 unspecified atom stereocenters. The fraction of sp³-hybridized carbons (Fsp3) is 0.343. The number of halogens is 6. The maximum Gasteiger partial charge on any atom is 0.573 e. The third kappa shape index (κ3) is 10.2. The van der Waals surface area contributed by atoms with E-state index in [-0.39, 0.29) is 17.9 Å². The molecule has 0 saturated heterocycles. The molecule has 15 heteroatoms. The van der Waals surface area contributed by atoms with Crippen molar-refractivity contribution in [2.24, 2.45) is 5.92 Å². The van der Waals surface area contributed by atoms with Crippen LogP contribution in [0.1, 0.15) is 72.5 Å². The molecule has 1 aromatic heterocycles. The highest BCUT2D eigenvalue weighted by Crippen LogP contribution is 2.33. The molecule has 1 aliphatic rings. The van der Waals surface area contributed by atoms with E-state index in [1.807, 2.05) is 0 Å². The van der Waals surface area contributed by atoms with Crippen molar-refractivity contribution in [1.29, 1.82) is 0 Å². The first-order chi connectivity index (χ1) is 23.4. The van der Waals surface area contributed by atoms with Gasteiger partial charge in [0.05, 0.1) is 11.7 Å². The second-order valence-electron chi connectivity index (χ2n) is 12.8. The van der Waals surface area contributed by atoms with Crippen LogP contribution in [0.15, 0.2) is 78.9 Å². The summed E-state index contributed by atoms with van der Waals surface area (Å²) in [4.78, 5) is 25.7. The normalized spacial score (nSPS) is 14.2. The standard InChI is InChI=1S/C35H35F6N5O4/c1-33(2,3)50-32(48)43-20-22-7-4-11-26(15-22)46-28(18-29(45-46)34(36,37)38)31(47)44-25-10-5-8-23(16-25)30(42-19-21-13-14-21)24-9-6-12-27(17-24)49-35(39,40)41/h4-12,15-18,21,30,42H,13-14,19-20H2,1-3H3,(H,43,48)(H,44,47). The van der Waals surface area contributed by atoms with Crippen molar-refractivity contribution in [1.82, 2.24) is 20.4 Å². The van der Waals surface area contributed by atoms with Gasteiger partial charge in [-0.3, -0.25) is 4.79 Å². The van der Waals surface area contributed by atoms with Gasteiger partial charge < -0.3 is 25.4 Å². The average molecular weight is 704 g/mol. The summed E-state index contributed by atoms with van der Waals surface area (Å²) in [6, 6.07) is 18.2. The van der Waals surface area contributed by atoms with E-state index in [0.717, 1.165) is 17.5 Å². The van der Waals surface area contributed by atoms with Crippen molar-refractivity contribution < 1.29 is 45.4 Å². The van der Waals surface area contributed by atoms with Crippen molar-refractivity contribution in [2.75, 3.05) is 11.9 Å². The van der Waals surface area contributed by atoms with Crippen LogP contribution in [0.2, 0.25) is 0 Å². The van der Waals surface area contributed by atoms with Gasteiger partial charge in [-0.05, 0) is 99.2 Å². The summed E-state index contributed by atoms with van der Waals surface area (Å²) in [5.41, 5.74) is -0.517. The molecule has 1 aliphatic carbocycles. The number of amides is 2. The fourth-order valence-corrected chi connectivity index (χ4v) is 5.08. The van der Waals surface area contributed by atoms with Crippen LogP contribution in [-0.2, 0) is 17.5 Å². The number of nitrogens with zero attached hydrogens (tertiary/aromatic N) is 2. The maximum absolute atomic E-state index is 13.8. The summed E-state index contributed by atoms with van der Waals surface area (Å²) < 4.78 is 90.5. The summed E-state index contributed by atoms with van der Waals surface area (Å²) in [5, 5.41) is 12.3. The number of alkyl halides is 6. The smallest absolute Gasteiger partial charge is 0.444 e. The molecule has 0 radical (unpaired) electrons. The van der Waals surface area contributed by atoms with Gasteiger partial charge in [-0.15, -0.1) is 13.2 Å². The number of rotatable bonds is 11. The van der Waals surface area contributed by atoms with Crippen molar-refractivity contribution in [3.05, 3.63) is 107 Å². The predicted molar refractivity (Wildman–Crippen MR) is 172 cm³/mol. The molecule has 3 aromatic carbocycles. The van der Waals surface area contributed by atoms with E-state index in [1.165, 1.54) is 36.4 Å². The number of benzene rings is 3. The molecular weight excluding hydrogens is 668 g/mol. The van der Waals surface area contributed by atoms with Crippen LogP contribution in [0.5, 0.6) is 5.75 Å². The number of ether oxygens (including phenoxy) is 2. The Morgan fingerprint density at radius 1 is 0.900 bits per heavy atom. The quantitative estimate of drug-likeness (QED) is 0.136. The lowest BCUT2D eigenvalue weighted by Gasteiger charge is -2.22. The van der Waals surface area contributed by atoms with Crippen LogP contribution in [-0.4, -0.2) is 40.3 Å². The SMILES string of the molecule is CC(C)(C)OC(=O)NCc1cccc(-n2nc(C(F)(F)F)cc2C(=O)Nc2cccc(C(NCC3CC3)c3cccc(OC(F)(F)F)c3)c2)c1. The molecule has 0 spiro atoms. The molecule has 1 fully saturated rings. The highest BCUT2D eigenvalue weighted by molar-refractivity contribution is 6.03. The van der Waals surface area contributed by atoms with E-state index >= 15 is 0 Å². The van der Waals surface area contributed by atoms with Gasteiger partial charge >= 0.3 is 18.6 Å². The summed E-state index contributed by atoms with van der Waals surface area (Å²) in [5.74, 6) is -0.869. The molecule has 0 aliphatic heterocycles. The first-order valence-corrected chi connectivity index (χ1v) is 15.7. The lowest BCUT2D eigenvalue weighted by molar-refractivity contribution is -0.274. The number of aromatic nitrogens is 2. The highest BCUT2D eigenvalue weighted by Gasteiger charge is 2.36. The maximum atomic E-state index is 13.8. The van der Waals surface area contributed by atoms with Gasteiger partial charge in [-0.1, -0.05) is 36.4 Å². The summed E-state index contributed by atoms with van der Waals surface area (Å²) in [7, 11) is 0. The van der Waals surface area contributed by atoms with Gasteiger partial charge in [0.1, 0.15) is 17.0 Å². The molecule has 3 N–H and O–H groups in total. The Balaban J connectivity index is 1.41. The molecule has 1 atom stereocenters. The number of carbonyl (C=O) groups is 2. The van der Waals surface area contributed by atoms with Crippen LogP contribution in [0.25, 0.3) is 5.69 Å². The first kappa shape index (κ1) is 36.2. The Bertz CT molecular complexity index is 1830. The van der Waals surface area contributed by atoms with Crippen molar-refractivity contribution in [3.63, 3.8) is 0 Å². The van der Waals surface area contributed by atoms with Gasteiger partial charge in [-0.2, -0.15) is 18.3 Å². The van der Waals surface area contributed by atoms with Crippen LogP contribution in [0, 0.1) is 5.92 Å². The molecule has 0 bridgehead atoms. The molecule has 266 valence electrons. The molecule has 9 nitrogen and oxygen atoms in total. The first-order valence-electron chi connectivity index (χ1n) is 15.7. The molecule has 1 saturated carbocycles. The monoisotopic (exact) mass is 703 g/mol. The zero-order chi connectivity index (χ0) is 36.3. The zero-order valence-corrected chi connectivity index (χ0v) is 27.3. The molecule has 5 rings (SSSR count). The third-order valence-electron chi connectivity index (χ3n) is 7.43. The van der Waals surface area contributed by atoms with Crippen molar-refractivity contribution >= 4 is 17.7 Å². The third-order valence-corrected chi connectivity index (χ3v) is 7.43. The minimum absolute atomic E-state index is 0.00828.